The van der Waals surface area contributed by atoms with E-state index in [1.54, 1.807) is 6.20 Å². The highest BCUT2D eigenvalue weighted by atomic mass is 32.2. The van der Waals surface area contributed by atoms with Crippen molar-refractivity contribution in [1.29, 1.82) is 0 Å². The van der Waals surface area contributed by atoms with E-state index in [4.69, 9.17) is 9.47 Å². The third-order valence-electron chi connectivity index (χ3n) is 3.68. The van der Waals surface area contributed by atoms with E-state index in [1.807, 2.05) is 6.92 Å². The number of hydrogen-bond donors (Lipinski definition) is 1. The van der Waals surface area contributed by atoms with Gasteiger partial charge in [-0.3, -0.25) is 0 Å². The van der Waals surface area contributed by atoms with Gasteiger partial charge in [0.1, 0.15) is 11.9 Å². The Bertz CT molecular complexity index is 582. The number of hydrogen-bond acceptors (Lipinski definition) is 5. The molecule has 3 heterocycles. The van der Waals surface area contributed by atoms with Crippen LogP contribution in [0.25, 0.3) is 0 Å². The summed E-state index contributed by atoms with van der Waals surface area (Å²) >= 11 is 0. The van der Waals surface area contributed by atoms with Gasteiger partial charge in [0.2, 0.25) is 0 Å². The van der Waals surface area contributed by atoms with Crippen LogP contribution in [0.2, 0.25) is 0 Å². The van der Waals surface area contributed by atoms with Gasteiger partial charge in [-0.2, -0.15) is 17.0 Å². The maximum absolute atomic E-state index is 12.6. The molecule has 21 heavy (non-hydrogen) atoms. The molecule has 1 aromatic heterocycles. The average Bonchev–Trinajstić information content (AvgIpc) is 2.95. The Labute approximate surface area is 124 Å². The van der Waals surface area contributed by atoms with Crippen molar-refractivity contribution in [2.75, 3.05) is 46.0 Å². The topological polar surface area (TPSA) is 87.8 Å². The molecule has 3 rings (SSSR count). The molecule has 0 radical (unpaired) electrons. The quantitative estimate of drug-likeness (QED) is 0.825. The molecule has 0 aromatic carbocycles. The third kappa shape index (κ3) is 3.11. The maximum atomic E-state index is 12.6. The minimum atomic E-state index is -3.45. The number of H-pyrrole nitrogens is 1. The fraction of sp³-hybridized carbons (Fsp3) is 0.750. The summed E-state index contributed by atoms with van der Waals surface area (Å²) in [6.45, 7) is 4.64. The predicted molar refractivity (Wildman–Crippen MR) is 74.9 cm³/mol. The molecular weight excluding hydrogens is 296 g/mol. The summed E-state index contributed by atoms with van der Waals surface area (Å²) in [7, 11) is -3.45. The van der Waals surface area contributed by atoms with Crippen LogP contribution in [0.3, 0.4) is 0 Å². The van der Waals surface area contributed by atoms with Crippen LogP contribution in [0, 0.1) is 6.92 Å². The van der Waals surface area contributed by atoms with Gasteiger partial charge in [-0.1, -0.05) is 0 Å². The molecule has 0 amide bonds. The number of morpholine rings is 2. The van der Waals surface area contributed by atoms with Crippen molar-refractivity contribution in [3.05, 3.63) is 17.7 Å². The van der Waals surface area contributed by atoms with Gasteiger partial charge < -0.3 is 14.5 Å². The summed E-state index contributed by atoms with van der Waals surface area (Å²) in [6.07, 6.45) is 1.37. The number of aromatic amines is 1. The molecule has 1 N–H and O–H groups in total. The number of nitrogens with zero attached hydrogens (tertiary/aromatic N) is 3. The Hall–Kier alpha value is -1.00. The van der Waals surface area contributed by atoms with Crippen LogP contribution in [0.5, 0.6) is 0 Å². The average molecular weight is 316 g/mol. The lowest BCUT2D eigenvalue weighted by molar-refractivity contribution is -0.0105. The van der Waals surface area contributed by atoms with E-state index in [0.29, 0.717) is 45.3 Å². The zero-order valence-electron chi connectivity index (χ0n) is 12.0. The van der Waals surface area contributed by atoms with Gasteiger partial charge in [-0.05, 0) is 6.92 Å². The van der Waals surface area contributed by atoms with Crippen molar-refractivity contribution >= 4 is 10.2 Å². The lowest BCUT2D eigenvalue weighted by Gasteiger charge is -2.36. The molecule has 118 valence electrons. The monoisotopic (exact) mass is 316 g/mol. The molecule has 1 atom stereocenters. The van der Waals surface area contributed by atoms with E-state index < -0.39 is 10.2 Å². The lowest BCUT2D eigenvalue weighted by Crippen LogP contribution is -2.52. The van der Waals surface area contributed by atoms with Crippen molar-refractivity contribution in [3.63, 3.8) is 0 Å². The van der Waals surface area contributed by atoms with Crippen LogP contribution in [0.4, 0.5) is 0 Å². The van der Waals surface area contributed by atoms with Gasteiger partial charge in [-0.25, -0.2) is 4.98 Å². The Morgan fingerprint density at radius 1 is 1.24 bits per heavy atom. The highest BCUT2D eigenvalue weighted by molar-refractivity contribution is 7.86. The smallest absolute Gasteiger partial charge is 0.282 e. The standard InChI is InChI=1S/C12H20N4O4S/c1-10-8-13-12(14-10)11-9-16(4-7-20-11)21(17,18)15-2-5-19-6-3-15/h8,11H,2-7,9H2,1H3,(H,13,14)/t11-/m1/s1. The molecule has 2 saturated heterocycles. The van der Waals surface area contributed by atoms with Crippen LogP contribution in [0.15, 0.2) is 6.20 Å². The minimum absolute atomic E-state index is 0.284. The minimum Gasteiger partial charge on any atom is -0.379 e. The number of imidazole rings is 1. The van der Waals surface area contributed by atoms with Crippen LogP contribution >= 0.6 is 0 Å². The Morgan fingerprint density at radius 2 is 1.95 bits per heavy atom. The van der Waals surface area contributed by atoms with Gasteiger partial charge in [0.15, 0.2) is 0 Å². The van der Waals surface area contributed by atoms with E-state index in [9.17, 15) is 8.42 Å². The summed E-state index contributed by atoms with van der Waals surface area (Å²) in [5.41, 5.74) is 0.932. The highest BCUT2D eigenvalue weighted by Gasteiger charge is 2.36. The molecule has 0 spiro atoms. The normalized spacial score (nSPS) is 26.0. The van der Waals surface area contributed by atoms with E-state index in [2.05, 4.69) is 9.97 Å². The number of nitrogens with one attached hydrogen (secondary N) is 1. The van der Waals surface area contributed by atoms with Crippen LogP contribution < -0.4 is 0 Å². The second kappa shape index (κ2) is 6.01. The molecule has 0 bridgehead atoms. The molecular formula is C12H20N4O4S. The zero-order chi connectivity index (χ0) is 14.9. The SMILES string of the molecule is Cc1cnc([C@H]2CN(S(=O)(=O)N3CCOCC3)CCO2)[nH]1. The molecule has 2 fully saturated rings. The van der Waals surface area contributed by atoms with Crippen LogP contribution in [-0.4, -0.2) is 73.0 Å². The number of aryl methyl sites for hydroxylation is 1. The summed E-state index contributed by atoms with van der Waals surface area (Å²) in [5.74, 6) is 0.675. The van der Waals surface area contributed by atoms with E-state index in [-0.39, 0.29) is 12.6 Å². The van der Waals surface area contributed by atoms with Gasteiger partial charge in [0.05, 0.1) is 19.8 Å². The van der Waals surface area contributed by atoms with Gasteiger partial charge in [-0.15, -0.1) is 0 Å². The van der Waals surface area contributed by atoms with Crippen molar-refractivity contribution < 1.29 is 17.9 Å². The number of ether oxygens (including phenoxy) is 2. The summed E-state index contributed by atoms with van der Waals surface area (Å²) in [5, 5.41) is 0. The molecule has 8 nitrogen and oxygen atoms in total. The van der Waals surface area contributed by atoms with E-state index >= 15 is 0 Å². The molecule has 0 saturated carbocycles. The largest absolute Gasteiger partial charge is 0.379 e. The summed E-state index contributed by atoms with van der Waals surface area (Å²) < 4.78 is 39.1. The first-order valence-electron chi connectivity index (χ1n) is 7.03. The second-order valence-corrected chi connectivity index (χ2v) is 7.12. The van der Waals surface area contributed by atoms with Crippen molar-refractivity contribution in [1.82, 2.24) is 18.6 Å². The first-order valence-corrected chi connectivity index (χ1v) is 8.43. The number of rotatable bonds is 3. The van der Waals surface area contributed by atoms with Crippen molar-refractivity contribution in [2.45, 2.75) is 13.0 Å². The molecule has 1 aromatic rings. The first kappa shape index (κ1) is 14.9. The summed E-state index contributed by atoms with van der Waals surface area (Å²) in [6, 6.07) is 0. The zero-order valence-corrected chi connectivity index (χ0v) is 12.8. The van der Waals surface area contributed by atoms with Crippen LogP contribution in [0.1, 0.15) is 17.6 Å². The van der Waals surface area contributed by atoms with Gasteiger partial charge in [0, 0.05) is 38.1 Å². The summed E-state index contributed by atoms with van der Waals surface area (Å²) in [4.78, 5) is 7.34. The first-order chi connectivity index (χ1) is 10.1. The molecule has 2 aliphatic heterocycles. The predicted octanol–water partition coefficient (Wildman–Crippen LogP) is -0.332. The van der Waals surface area contributed by atoms with Gasteiger partial charge >= 0.3 is 0 Å². The second-order valence-electron chi connectivity index (χ2n) is 5.19. The van der Waals surface area contributed by atoms with Crippen molar-refractivity contribution in [3.8, 4) is 0 Å². The van der Waals surface area contributed by atoms with Crippen LogP contribution in [-0.2, 0) is 19.7 Å². The molecule has 9 heteroatoms. The Kier molecular flexibility index (Phi) is 4.27. The Balaban J connectivity index is 1.73. The molecule has 0 unspecified atom stereocenters. The molecule has 2 aliphatic rings. The van der Waals surface area contributed by atoms with Gasteiger partial charge in [0.25, 0.3) is 10.2 Å². The third-order valence-corrected chi connectivity index (χ3v) is 5.68. The Morgan fingerprint density at radius 3 is 2.62 bits per heavy atom. The molecule has 0 aliphatic carbocycles. The highest BCUT2D eigenvalue weighted by Crippen LogP contribution is 2.23. The van der Waals surface area contributed by atoms with E-state index in [0.717, 1.165) is 5.69 Å². The fourth-order valence-electron chi connectivity index (χ4n) is 2.54. The maximum Gasteiger partial charge on any atom is 0.282 e. The fourth-order valence-corrected chi connectivity index (χ4v) is 4.10. The van der Waals surface area contributed by atoms with E-state index in [1.165, 1.54) is 8.61 Å². The lowest BCUT2D eigenvalue weighted by atomic mass is 10.3. The number of aromatic nitrogens is 2. The van der Waals surface area contributed by atoms with Crippen molar-refractivity contribution in [2.24, 2.45) is 0 Å².